The summed E-state index contributed by atoms with van der Waals surface area (Å²) in [6.07, 6.45) is 6.94. The zero-order valence-corrected chi connectivity index (χ0v) is 23.5. The summed E-state index contributed by atoms with van der Waals surface area (Å²) < 4.78 is 5.27. The van der Waals surface area contributed by atoms with Gasteiger partial charge in [0, 0.05) is 30.7 Å². The van der Waals surface area contributed by atoms with Crippen LogP contribution in [-0.2, 0) is 18.4 Å². The molecule has 0 amide bonds. The Kier molecular flexibility index (Phi) is 5.90. The molecule has 2 heteroatoms. The molecule has 0 saturated carbocycles. The third kappa shape index (κ3) is 3.55. The number of pyridine rings is 1. The van der Waals surface area contributed by atoms with Gasteiger partial charge >= 0.3 is 0 Å². The van der Waals surface area contributed by atoms with Crippen LogP contribution in [0, 0.1) is 19.8 Å². The van der Waals surface area contributed by atoms with Crippen LogP contribution in [0.15, 0.2) is 60.7 Å². The number of aromatic nitrogens is 2. The van der Waals surface area contributed by atoms with Crippen molar-refractivity contribution < 1.29 is 4.68 Å². The fourth-order valence-corrected chi connectivity index (χ4v) is 7.23. The lowest BCUT2D eigenvalue weighted by Crippen LogP contribution is -2.59. The summed E-state index contributed by atoms with van der Waals surface area (Å²) in [5, 5.41) is 2.74. The molecule has 0 fully saturated rings. The second-order valence-corrected chi connectivity index (χ2v) is 11.7. The minimum Gasteiger partial charge on any atom is -0.119 e. The second-order valence-electron chi connectivity index (χ2n) is 11.7. The van der Waals surface area contributed by atoms with Crippen molar-refractivity contribution in [3.05, 3.63) is 82.9 Å². The van der Waals surface area contributed by atoms with E-state index in [0.29, 0.717) is 5.92 Å². The second kappa shape index (κ2) is 9.01. The highest BCUT2D eigenvalue weighted by Crippen LogP contribution is 2.41. The Morgan fingerprint density at radius 2 is 1.59 bits per heavy atom. The van der Waals surface area contributed by atoms with E-state index in [9.17, 15) is 0 Å². The minimum absolute atomic E-state index is 0.114. The summed E-state index contributed by atoms with van der Waals surface area (Å²) in [4.78, 5) is 0. The minimum atomic E-state index is 0.114. The molecule has 1 atom stereocenters. The molecule has 37 heavy (non-hydrogen) atoms. The summed E-state index contributed by atoms with van der Waals surface area (Å²) in [5.74, 6) is 0.714. The molecule has 5 aromatic rings. The van der Waals surface area contributed by atoms with Crippen LogP contribution in [0.4, 0.5) is 0 Å². The first-order valence-corrected chi connectivity index (χ1v) is 14.4. The molecular weight excluding hydrogens is 448 g/mol. The van der Waals surface area contributed by atoms with Crippen LogP contribution in [0.3, 0.4) is 0 Å². The number of hydrogen-bond donors (Lipinski definition) is 0. The topological polar surface area (TPSA) is 8.29 Å². The van der Waals surface area contributed by atoms with Crippen molar-refractivity contribution in [1.82, 2.24) is 4.52 Å². The van der Waals surface area contributed by atoms with E-state index in [1.54, 1.807) is 0 Å². The standard InChI is InChI=1S/C35H41N2/c1-7-23(4)19-26-20-24(5)33(25(6)21-26)30-22-32-29-14-10-11-16-31(29)37-35(8-2,9-3)18-17-27-13-12-15-28(30)34(27)36(32)37/h10-16,20-23H,7-9,17-19H2,1-6H3/q+1. The first kappa shape index (κ1) is 24.2. The van der Waals surface area contributed by atoms with Crippen LogP contribution in [0.25, 0.3) is 38.4 Å². The van der Waals surface area contributed by atoms with Gasteiger partial charge in [-0.1, -0.05) is 81.3 Å². The molecule has 6 rings (SSSR count). The Balaban J connectivity index is 1.74. The quantitative estimate of drug-likeness (QED) is 0.211. The van der Waals surface area contributed by atoms with Gasteiger partial charge in [-0.3, -0.25) is 0 Å². The zero-order valence-electron chi connectivity index (χ0n) is 23.5. The van der Waals surface area contributed by atoms with Crippen molar-refractivity contribution >= 4 is 27.3 Å². The van der Waals surface area contributed by atoms with Crippen molar-refractivity contribution in [3.8, 4) is 11.1 Å². The number of benzene rings is 3. The first-order valence-electron chi connectivity index (χ1n) is 14.4. The van der Waals surface area contributed by atoms with E-state index in [1.807, 2.05) is 0 Å². The highest BCUT2D eigenvalue weighted by Gasteiger charge is 2.43. The number of hydrogen-bond acceptors (Lipinski definition) is 0. The molecule has 0 spiro atoms. The van der Waals surface area contributed by atoms with E-state index in [0.717, 1.165) is 25.7 Å². The van der Waals surface area contributed by atoms with Gasteiger partial charge in [-0.05, 0) is 78.1 Å². The van der Waals surface area contributed by atoms with Crippen molar-refractivity contribution in [1.29, 1.82) is 0 Å². The van der Waals surface area contributed by atoms with Gasteiger partial charge in [0.05, 0.1) is 5.39 Å². The van der Waals surface area contributed by atoms with Crippen LogP contribution in [0.5, 0.6) is 0 Å². The molecule has 0 aliphatic carbocycles. The van der Waals surface area contributed by atoms with Gasteiger partial charge in [0.2, 0.25) is 5.52 Å². The lowest BCUT2D eigenvalue weighted by molar-refractivity contribution is -0.799. The van der Waals surface area contributed by atoms with Crippen LogP contribution in [-0.4, -0.2) is 4.52 Å². The van der Waals surface area contributed by atoms with Crippen LogP contribution in [0.2, 0.25) is 0 Å². The van der Waals surface area contributed by atoms with Crippen molar-refractivity contribution in [3.63, 3.8) is 0 Å². The Hall–Kier alpha value is -3.13. The van der Waals surface area contributed by atoms with E-state index in [1.165, 1.54) is 73.5 Å². The lowest BCUT2D eigenvalue weighted by atomic mass is 9.85. The van der Waals surface area contributed by atoms with E-state index in [2.05, 4.69) is 111 Å². The van der Waals surface area contributed by atoms with Crippen LogP contribution < -0.4 is 4.68 Å². The Labute approximate surface area is 221 Å². The van der Waals surface area contributed by atoms with Gasteiger partial charge in [-0.2, -0.15) is 0 Å². The van der Waals surface area contributed by atoms with Crippen LogP contribution >= 0.6 is 0 Å². The lowest BCUT2D eigenvalue weighted by Gasteiger charge is -2.24. The van der Waals surface area contributed by atoms with Gasteiger partial charge in [0.25, 0.3) is 0 Å². The Bertz CT molecular complexity index is 1620. The molecular formula is C35H41N2+. The normalized spacial score (nSPS) is 15.6. The number of aryl methyl sites for hydroxylation is 3. The molecule has 1 aliphatic heterocycles. The van der Waals surface area contributed by atoms with Gasteiger partial charge in [-0.15, -0.1) is 4.52 Å². The summed E-state index contributed by atoms with van der Waals surface area (Å²) in [6, 6.07) is 23.5. The van der Waals surface area contributed by atoms with Crippen LogP contribution in [0.1, 0.15) is 75.6 Å². The average Bonchev–Trinajstić information content (AvgIpc) is 3.15. The van der Waals surface area contributed by atoms with Crippen molar-refractivity contribution in [2.45, 2.75) is 85.6 Å². The molecule has 2 nitrogen and oxygen atoms in total. The molecule has 1 unspecified atom stereocenters. The summed E-state index contributed by atoms with van der Waals surface area (Å²) in [6.45, 7) is 14.0. The molecule has 3 heterocycles. The zero-order chi connectivity index (χ0) is 25.9. The fourth-order valence-electron chi connectivity index (χ4n) is 7.23. The summed E-state index contributed by atoms with van der Waals surface area (Å²) >= 11 is 0. The predicted octanol–water partition coefficient (Wildman–Crippen LogP) is 8.87. The third-order valence-corrected chi connectivity index (χ3v) is 9.51. The highest BCUT2D eigenvalue weighted by molar-refractivity contribution is 6.05. The van der Waals surface area contributed by atoms with Gasteiger partial charge in [0.15, 0.2) is 5.54 Å². The maximum Gasteiger partial charge on any atom is 0.240 e. The largest absolute Gasteiger partial charge is 0.240 e. The molecule has 1 aliphatic rings. The fraction of sp³-hybridized carbons (Fsp3) is 0.400. The number of fused-ring (bicyclic) bond motifs is 3. The number of rotatable bonds is 6. The van der Waals surface area contributed by atoms with E-state index in [-0.39, 0.29) is 5.54 Å². The predicted molar refractivity (Wildman–Crippen MR) is 158 cm³/mol. The molecule has 0 radical (unpaired) electrons. The van der Waals surface area contributed by atoms with E-state index < -0.39 is 0 Å². The van der Waals surface area contributed by atoms with Crippen molar-refractivity contribution in [2.24, 2.45) is 5.92 Å². The molecule has 190 valence electrons. The number of nitrogens with zero attached hydrogens (tertiary/aromatic N) is 2. The first-order chi connectivity index (χ1) is 17.9. The Morgan fingerprint density at radius 1 is 0.892 bits per heavy atom. The number of para-hydroxylation sites is 2. The molecule has 2 aromatic heterocycles. The van der Waals surface area contributed by atoms with Crippen molar-refractivity contribution in [2.75, 3.05) is 0 Å². The average molecular weight is 490 g/mol. The molecule has 0 saturated heterocycles. The smallest absolute Gasteiger partial charge is 0.119 e. The molecule has 0 bridgehead atoms. The molecule has 0 N–H and O–H groups in total. The van der Waals surface area contributed by atoms with Gasteiger partial charge < -0.3 is 0 Å². The third-order valence-electron chi connectivity index (χ3n) is 9.51. The maximum absolute atomic E-state index is 2.68. The van der Waals surface area contributed by atoms with E-state index in [4.69, 9.17) is 0 Å². The monoisotopic (exact) mass is 489 g/mol. The maximum atomic E-state index is 2.68. The van der Waals surface area contributed by atoms with Gasteiger partial charge in [-0.25, -0.2) is 0 Å². The summed E-state index contributed by atoms with van der Waals surface area (Å²) in [5.41, 5.74) is 12.7. The van der Waals surface area contributed by atoms with Gasteiger partial charge in [0.1, 0.15) is 11.0 Å². The summed E-state index contributed by atoms with van der Waals surface area (Å²) in [7, 11) is 0. The highest BCUT2D eigenvalue weighted by atomic mass is 15.4. The Morgan fingerprint density at radius 3 is 2.30 bits per heavy atom. The molecule has 3 aromatic carbocycles. The SMILES string of the molecule is CCC(C)Cc1cc(C)c(-c2cc3c4ccccc4[n+]4n3c3c(cccc23)CCC4(CC)CC)c(C)c1. The van der Waals surface area contributed by atoms with E-state index >= 15 is 0 Å².